The SMILES string of the molecule is COc1ccc2ccccc2c1-c1oncc1N. The Kier molecular flexibility index (Phi) is 2.41. The molecule has 4 nitrogen and oxygen atoms in total. The predicted octanol–water partition coefficient (Wildman–Crippen LogP) is 3.09. The van der Waals surface area contributed by atoms with Crippen LogP contribution in [-0.4, -0.2) is 12.3 Å². The molecule has 0 saturated carbocycles. The molecule has 18 heavy (non-hydrogen) atoms. The third kappa shape index (κ3) is 1.50. The number of methoxy groups -OCH3 is 1. The zero-order chi connectivity index (χ0) is 12.5. The Labute approximate surface area is 104 Å². The first-order valence-electron chi connectivity index (χ1n) is 5.57. The van der Waals surface area contributed by atoms with E-state index in [0.717, 1.165) is 22.1 Å². The van der Waals surface area contributed by atoms with Crippen LogP contribution < -0.4 is 10.5 Å². The first-order chi connectivity index (χ1) is 8.81. The number of hydrogen-bond donors (Lipinski definition) is 1. The van der Waals surface area contributed by atoms with E-state index in [1.54, 1.807) is 7.11 Å². The summed E-state index contributed by atoms with van der Waals surface area (Å²) in [6.07, 6.45) is 1.50. The van der Waals surface area contributed by atoms with Gasteiger partial charge in [0.2, 0.25) is 0 Å². The van der Waals surface area contributed by atoms with E-state index >= 15 is 0 Å². The number of ether oxygens (including phenoxy) is 1. The molecular weight excluding hydrogens is 228 g/mol. The molecular formula is C14H12N2O2. The summed E-state index contributed by atoms with van der Waals surface area (Å²) in [7, 11) is 1.63. The van der Waals surface area contributed by atoms with Crippen molar-refractivity contribution in [1.82, 2.24) is 5.16 Å². The van der Waals surface area contributed by atoms with Gasteiger partial charge in [0.1, 0.15) is 11.4 Å². The molecule has 0 aliphatic heterocycles. The molecule has 0 unspecified atom stereocenters. The monoisotopic (exact) mass is 240 g/mol. The van der Waals surface area contributed by atoms with Crippen molar-refractivity contribution in [1.29, 1.82) is 0 Å². The van der Waals surface area contributed by atoms with Crippen molar-refractivity contribution in [2.24, 2.45) is 0 Å². The number of anilines is 1. The highest BCUT2D eigenvalue weighted by molar-refractivity contribution is 6.00. The number of aromatic nitrogens is 1. The summed E-state index contributed by atoms with van der Waals surface area (Å²) in [5.74, 6) is 1.26. The lowest BCUT2D eigenvalue weighted by Gasteiger charge is -2.10. The molecule has 3 aromatic rings. The highest BCUT2D eigenvalue weighted by Gasteiger charge is 2.16. The van der Waals surface area contributed by atoms with Crippen molar-refractivity contribution >= 4 is 16.5 Å². The van der Waals surface area contributed by atoms with Crippen LogP contribution in [0.15, 0.2) is 47.1 Å². The maximum Gasteiger partial charge on any atom is 0.194 e. The van der Waals surface area contributed by atoms with E-state index < -0.39 is 0 Å². The number of nitrogen functional groups attached to an aromatic ring is 1. The normalized spacial score (nSPS) is 10.7. The molecule has 0 atom stereocenters. The van der Waals surface area contributed by atoms with Gasteiger partial charge in [-0.1, -0.05) is 35.5 Å². The average Bonchev–Trinajstić information content (AvgIpc) is 2.83. The number of benzene rings is 2. The Morgan fingerprint density at radius 3 is 2.72 bits per heavy atom. The Morgan fingerprint density at radius 2 is 2.00 bits per heavy atom. The standard InChI is InChI=1S/C14H12N2O2/c1-17-12-7-6-9-4-2-3-5-10(9)13(12)14-11(15)8-16-18-14/h2-8H,15H2,1H3. The summed E-state index contributed by atoms with van der Waals surface area (Å²) in [5.41, 5.74) is 7.22. The van der Waals surface area contributed by atoms with Crippen molar-refractivity contribution in [3.63, 3.8) is 0 Å². The molecule has 0 aliphatic carbocycles. The predicted molar refractivity (Wildman–Crippen MR) is 70.4 cm³/mol. The zero-order valence-corrected chi connectivity index (χ0v) is 9.88. The third-order valence-electron chi connectivity index (χ3n) is 2.94. The fraction of sp³-hybridized carbons (Fsp3) is 0.0714. The second-order valence-electron chi connectivity index (χ2n) is 3.97. The lowest BCUT2D eigenvalue weighted by molar-refractivity contribution is 0.407. The fourth-order valence-corrected chi connectivity index (χ4v) is 2.09. The molecule has 4 heteroatoms. The van der Waals surface area contributed by atoms with E-state index in [1.165, 1.54) is 6.20 Å². The molecule has 2 aromatic carbocycles. The summed E-state index contributed by atoms with van der Waals surface area (Å²) in [5, 5.41) is 5.85. The van der Waals surface area contributed by atoms with Crippen LogP contribution in [0.2, 0.25) is 0 Å². The minimum absolute atomic E-state index is 0.504. The number of nitrogens with zero attached hydrogens (tertiary/aromatic N) is 1. The maximum atomic E-state index is 5.88. The third-order valence-corrected chi connectivity index (χ3v) is 2.94. The molecule has 0 saturated heterocycles. The van der Waals surface area contributed by atoms with Crippen LogP contribution in [0.25, 0.3) is 22.1 Å². The summed E-state index contributed by atoms with van der Waals surface area (Å²) >= 11 is 0. The van der Waals surface area contributed by atoms with Gasteiger partial charge in [0.25, 0.3) is 0 Å². The van der Waals surface area contributed by atoms with Crippen molar-refractivity contribution in [3.05, 3.63) is 42.6 Å². The fourth-order valence-electron chi connectivity index (χ4n) is 2.09. The van der Waals surface area contributed by atoms with Crippen molar-refractivity contribution in [2.45, 2.75) is 0 Å². The minimum atomic E-state index is 0.504. The molecule has 0 spiro atoms. The van der Waals surface area contributed by atoms with Crippen LogP contribution in [0, 0.1) is 0 Å². The van der Waals surface area contributed by atoms with Crippen LogP contribution >= 0.6 is 0 Å². The summed E-state index contributed by atoms with van der Waals surface area (Å²) in [6, 6.07) is 11.9. The van der Waals surface area contributed by atoms with Gasteiger partial charge >= 0.3 is 0 Å². The Balaban J connectivity index is 2.41. The number of fused-ring (bicyclic) bond motifs is 1. The quantitative estimate of drug-likeness (QED) is 0.747. The number of hydrogen-bond acceptors (Lipinski definition) is 4. The lowest BCUT2D eigenvalue weighted by Crippen LogP contribution is -1.91. The van der Waals surface area contributed by atoms with Crippen LogP contribution in [0.3, 0.4) is 0 Å². The van der Waals surface area contributed by atoms with E-state index in [-0.39, 0.29) is 0 Å². The van der Waals surface area contributed by atoms with Crippen molar-refractivity contribution in [2.75, 3.05) is 12.8 Å². The van der Waals surface area contributed by atoms with Crippen LogP contribution in [0.5, 0.6) is 5.75 Å². The van der Waals surface area contributed by atoms with Gasteiger partial charge in [0.15, 0.2) is 5.76 Å². The van der Waals surface area contributed by atoms with Gasteiger partial charge in [-0.05, 0) is 16.8 Å². The van der Waals surface area contributed by atoms with Crippen LogP contribution in [0.4, 0.5) is 5.69 Å². The molecule has 0 fully saturated rings. The van der Waals surface area contributed by atoms with Crippen LogP contribution in [-0.2, 0) is 0 Å². The summed E-state index contributed by atoms with van der Waals surface area (Å²) in [6.45, 7) is 0. The Morgan fingerprint density at radius 1 is 1.17 bits per heavy atom. The first-order valence-corrected chi connectivity index (χ1v) is 5.57. The molecule has 90 valence electrons. The summed E-state index contributed by atoms with van der Waals surface area (Å²) in [4.78, 5) is 0. The second kappa shape index (κ2) is 4.07. The van der Waals surface area contributed by atoms with E-state index in [2.05, 4.69) is 5.16 Å². The Hall–Kier alpha value is -2.49. The van der Waals surface area contributed by atoms with Crippen molar-refractivity contribution in [3.8, 4) is 17.1 Å². The summed E-state index contributed by atoms with van der Waals surface area (Å²) < 4.78 is 10.6. The van der Waals surface area contributed by atoms with Gasteiger partial charge in [-0.2, -0.15) is 0 Å². The highest BCUT2D eigenvalue weighted by Crippen LogP contribution is 2.39. The molecule has 3 rings (SSSR count). The smallest absolute Gasteiger partial charge is 0.194 e. The Bertz CT molecular complexity index is 704. The number of nitrogens with two attached hydrogens (primary N) is 1. The van der Waals surface area contributed by atoms with Gasteiger partial charge < -0.3 is 15.0 Å². The van der Waals surface area contributed by atoms with E-state index in [9.17, 15) is 0 Å². The van der Waals surface area contributed by atoms with Gasteiger partial charge in [-0.15, -0.1) is 0 Å². The minimum Gasteiger partial charge on any atom is -0.496 e. The molecule has 1 heterocycles. The molecule has 2 N–H and O–H groups in total. The van der Waals surface area contributed by atoms with E-state index in [0.29, 0.717) is 11.4 Å². The van der Waals surface area contributed by atoms with Gasteiger partial charge in [-0.25, -0.2) is 0 Å². The van der Waals surface area contributed by atoms with Gasteiger partial charge in [0.05, 0.1) is 18.9 Å². The lowest BCUT2D eigenvalue weighted by atomic mass is 10.0. The van der Waals surface area contributed by atoms with Gasteiger partial charge in [0, 0.05) is 0 Å². The highest BCUT2D eigenvalue weighted by atomic mass is 16.5. The molecule has 1 aromatic heterocycles. The molecule has 0 amide bonds. The van der Waals surface area contributed by atoms with Crippen LogP contribution in [0.1, 0.15) is 0 Å². The maximum absolute atomic E-state index is 5.88. The molecule has 0 radical (unpaired) electrons. The van der Waals surface area contributed by atoms with Crippen molar-refractivity contribution < 1.29 is 9.26 Å². The molecule has 0 aliphatic rings. The second-order valence-corrected chi connectivity index (χ2v) is 3.97. The van der Waals surface area contributed by atoms with E-state index in [1.807, 2.05) is 36.4 Å². The van der Waals surface area contributed by atoms with Gasteiger partial charge in [-0.3, -0.25) is 0 Å². The molecule has 0 bridgehead atoms. The zero-order valence-electron chi connectivity index (χ0n) is 9.88. The first kappa shape index (κ1) is 10.7. The average molecular weight is 240 g/mol. The number of rotatable bonds is 2. The van der Waals surface area contributed by atoms with E-state index in [4.69, 9.17) is 15.0 Å². The topological polar surface area (TPSA) is 61.3 Å². The largest absolute Gasteiger partial charge is 0.496 e.